The topological polar surface area (TPSA) is 97.2 Å². The van der Waals surface area contributed by atoms with E-state index in [2.05, 4.69) is 15.6 Å². The second kappa shape index (κ2) is 8.60. The summed E-state index contributed by atoms with van der Waals surface area (Å²) in [4.78, 5) is 13.3. The van der Waals surface area contributed by atoms with Crippen molar-refractivity contribution in [2.45, 2.75) is 44.0 Å². The molecular weight excluding hydrogens is 414 g/mol. The van der Waals surface area contributed by atoms with Crippen LogP contribution in [-0.4, -0.2) is 46.2 Å². The highest BCUT2D eigenvalue weighted by Gasteiger charge is 2.31. The molecule has 0 bridgehead atoms. The van der Waals surface area contributed by atoms with E-state index in [0.29, 0.717) is 29.0 Å². The molecule has 1 N–H and O–H groups in total. The van der Waals surface area contributed by atoms with Crippen molar-refractivity contribution in [3.05, 3.63) is 66.0 Å². The number of aromatic nitrogens is 3. The van der Waals surface area contributed by atoms with Crippen molar-refractivity contribution < 1.29 is 13.2 Å². The molecule has 2 heterocycles. The van der Waals surface area contributed by atoms with Crippen molar-refractivity contribution >= 4 is 21.6 Å². The molecule has 31 heavy (non-hydrogen) atoms. The summed E-state index contributed by atoms with van der Waals surface area (Å²) in [6.45, 7) is 4.22. The summed E-state index contributed by atoms with van der Waals surface area (Å²) in [5, 5.41) is 10.7. The van der Waals surface area contributed by atoms with Crippen molar-refractivity contribution in [3.8, 4) is 5.69 Å². The van der Waals surface area contributed by atoms with Crippen LogP contribution in [0.3, 0.4) is 0 Å². The zero-order valence-electron chi connectivity index (χ0n) is 17.5. The largest absolute Gasteiger partial charge is 0.320 e. The minimum absolute atomic E-state index is 0.0492. The van der Waals surface area contributed by atoms with Gasteiger partial charge in [-0.25, -0.2) is 13.1 Å². The van der Waals surface area contributed by atoms with Gasteiger partial charge in [-0.05, 0) is 56.5 Å². The van der Waals surface area contributed by atoms with Gasteiger partial charge in [-0.15, -0.1) is 5.10 Å². The van der Waals surface area contributed by atoms with E-state index < -0.39 is 10.0 Å². The Balaban J connectivity index is 1.65. The van der Waals surface area contributed by atoms with Crippen molar-refractivity contribution in [2.24, 2.45) is 0 Å². The molecule has 162 valence electrons. The molecule has 1 aromatic heterocycles. The number of aryl methyl sites for hydroxylation is 1. The number of amides is 1. The standard InChI is InChI=1S/C22H25N5O3S/c1-16-10-11-18(31(29,30)27-13-6-5-7-17(27)2)15-19(16)22(28)24-20-8-3-4-9-21(20)26-14-12-23-25-26/h3-4,8-12,14-15,17H,5-7,13H2,1-2H3,(H,24,28). The molecule has 1 saturated heterocycles. The lowest BCUT2D eigenvalue weighted by Crippen LogP contribution is -2.42. The van der Waals surface area contributed by atoms with Crippen LogP contribution in [0.1, 0.15) is 42.1 Å². The highest BCUT2D eigenvalue weighted by molar-refractivity contribution is 7.89. The number of piperidine rings is 1. The van der Waals surface area contributed by atoms with Gasteiger partial charge in [0.1, 0.15) is 0 Å². The van der Waals surface area contributed by atoms with E-state index in [9.17, 15) is 13.2 Å². The lowest BCUT2D eigenvalue weighted by atomic mass is 10.1. The van der Waals surface area contributed by atoms with Crippen LogP contribution < -0.4 is 5.32 Å². The average Bonchev–Trinajstić information content (AvgIpc) is 3.29. The van der Waals surface area contributed by atoms with Crippen molar-refractivity contribution in [2.75, 3.05) is 11.9 Å². The van der Waals surface area contributed by atoms with Crippen molar-refractivity contribution in [1.29, 1.82) is 0 Å². The van der Waals surface area contributed by atoms with Crippen LogP contribution in [-0.2, 0) is 10.0 Å². The maximum absolute atomic E-state index is 13.2. The van der Waals surface area contributed by atoms with Crippen LogP contribution in [0.4, 0.5) is 5.69 Å². The number of carbonyl (C=O) groups is 1. The number of carbonyl (C=O) groups excluding carboxylic acids is 1. The van der Waals surface area contributed by atoms with Gasteiger partial charge >= 0.3 is 0 Å². The van der Waals surface area contributed by atoms with E-state index in [1.165, 1.54) is 6.07 Å². The summed E-state index contributed by atoms with van der Waals surface area (Å²) < 4.78 is 29.6. The molecule has 3 aromatic rings. The monoisotopic (exact) mass is 439 g/mol. The van der Waals surface area contributed by atoms with Gasteiger partial charge in [-0.2, -0.15) is 4.31 Å². The minimum atomic E-state index is -3.67. The predicted octanol–water partition coefficient (Wildman–Crippen LogP) is 3.39. The molecule has 2 aromatic carbocycles. The summed E-state index contributed by atoms with van der Waals surface area (Å²) in [6.07, 6.45) is 5.96. The van der Waals surface area contributed by atoms with Gasteiger partial charge in [0.15, 0.2) is 0 Å². The third-order valence-electron chi connectivity index (χ3n) is 5.62. The molecule has 4 rings (SSSR count). The Labute approximate surface area is 181 Å². The maximum Gasteiger partial charge on any atom is 0.256 e. The van der Waals surface area contributed by atoms with Crippen LogP contribution in [0.2, 0.25) is 0 Å². The predicted molar refractivity (Wildman–Crippen MR) is 118 cm³/mol. The Morgan fingerprint density at radius 3 is 2.71 bits per heavy atom. The van der Waals surface area contributed by atoms with E-state index in [4.69, 9.17) is 0 Å². The van der Waals surface area contributed by atoms with Gasteiger partial charge in [0.2, 0.25) is 10.0 Å². The fraction of sp³-hybridized carbons (Fsp3) is 0.318. The van der Waals surface area contributed by atoms with Crippen LogP contribution >= 0.6 is 0 Å². The third-order valence-corrected chi connectivity index (χ3v) is 7.63. The maximum atomic E-state index is 13.2. The van der Waals surface area contributed by atoms with Crippen molar-refractivity contribution in [1.82, 2.24) is 19.3 Å². The van der Waals surface area contributed by atoms with E-state index in [1.54, 1.807) is 46.5 Å². The fourth-order valence-electron chi connectivity index (χ4n) is 3.88. The van der Waals surface area contributed by atoms with Crippen LogP contribution in [0.15, 0.2) is 59.8 Å². The highest BCUT2D eigenvalue weighted by atomic mass is 32.2. The number of sulfonamides is 1. The number of anilines is 1. The third kappa shape index (κ3) is 4.24. The van der Waals surface area contributed by atoms with Crippen LogP contribution in [0, 0.1) is 6.92 Å². The van der Waals surface area contributed by atoms with E-state index in [0.717, 1.165) is 19.3 Å². The summed E-state index contributed by atoms with van der Waals surface area (Å²) in [7, 11) is -3.67. The number of hydrogen-bond acceptors (Lipinski definition) is 5. The molecule has 0 saturated carbocycles. The molecule has 0 radical (unpaired) electrons. The number of rotatable bonds is 5. The summed E-state index contributed by atoms with van der Waals surface area (Å²) >= 11 is 0. The molecule has 0 spiro atoms. The van der Waals surface area contributed by atoms with Crippen LogP contribution in [0.5, 0.6) is 0 Å². The molecule has 9 heteroatoms. The summed E-state index contributed by atoms with van der Waals surface area (Å²) in [5.74, 6) is -0.381. The Kier molecular flexibility index (Phi) is 5.88. The first kappa shape index (κ1) is 21.2. The number of nitrogens with zero attached hydrogens (tertiary/aromatic N) is 4. The van der Waals surface area contributed by atoms with Gasteiger partial charge in [0.25, 0.3) is 5.91 Å². The van der Waals surface area contributed by atoms with Gasteiger partial charge in [-0.1, -0.05) is 29.8 Å². The van der Waals surface area contributed by atoms with E-state index in [-0.39, 0.29) is 16.8 Å². The molecule has 1 aliphatic heterocycles. The smallest absolute Gasteiger partial charge is 0.256 e. The molecule has 1 fully saturated rings. The Bertz CT molecular complexity index is 1190. The molecule has 1 unspecified atom stereocenters. The van der Waals surface area contributed by atoms with E-state index in [1.807, 2.05) is 25.1 Å². The first-order valence-corrected chi connectivity index (χ1v) is 11.7. The minimum Gasteiger partial charge on any atom is -0.320 e. The first-order valence-electron chi connectivity index (χ1n) is 10.3. The summed E-state index contributed by atoms with van der Waals surface area (Å²) in [6, 6.07) is 11.9. The Hall–Kier alpha value is -3.04. The number of benzene rings is 2. The Morgan fingerprint density at radius 2 is 1.97 bits per heavy atom. The molecule has 8 nitrogen and oxygen atoms in total. The van der Waals surface area contributed by atoms with Crippen molar-refractivity contribution in [3.63, 3.8) is 0 Å². The quantitative estimate of drug-likeness (QED) is 0.657. The molecule has 1 aliphatic rings. The highest BCUT2D eigenvalue weighted by Crippen LogP contribution is 2.27. The number of nitrogens with one attached hydrogen (secondary N) is 1. The second-order valence-corrected chi connectivity index (χ2v) is 9.65. The zero-order chi connectivity index (χ0) is 22.0. The Morgan fingerprint density at radius 1 is 1.16 bits per heavy atom. The lowest BCUT2D eigenvalue weighted by Gasteiger charge is -2.32. The first-order chi connectivity index (χ1) is 14.9. The van der Waals surface area contributed by atoms with E-state index >= 15 is 0 Å². The fourth-order valence-corrected chi connectivity index (χ4v) is 5.60. The van der Waals surface area contributed by atoms with Gasteiger partial charge in [-0.3, -0.25) is 4.79 Å². The van der Waals surface area contributed by atoms with Gasteiger partial charge in [0.05, 0.1) is 28.7 Å². The molecular formula is C22H25N5O3S. The van der Waals surface area contributed by atoms with Gasteiger partial charge < -0.3 is 5.32 Å². The second-order valence-electron chi connectivity index (χ2n) is 7.76. The van der Waals surface area contributed by atoms with Gasteiger partial charge in [0, 0.05) is 18.2 Å². The normalized spacial score (nSPS) is 17.4. The summed E-state index contributed by atoms with van der Waals surface area (Å²) in [5.41, 5.74) is 2.23. The SMILES string of the molecule is Cc1ccc(S(=O)(=O)N2CCCCC2C)cc1C(=O)Nc1ccccc1-n1ccnn1. The molecule has 1 atom stereocenters. The average molecular weight is 440 g/mol. The lowest BCUT2D eigenvalue weighted by molar-refractivity contribution is 0.102. The number of para-hydroxylation sites is 2. The van der Waals surface area contributed by atoms with Crippen LogP contribution in [0.25, 0.3) is 5.69 Å². The molecule has 0 aliphatic carbocycles. The molecule has 1 amide bonds. The number of hydrogen-bond donors (Lipinski definition) is 1. The zero-order valence-corrected chi connectivity index (χ0v) is 18.3.